The largest absolute Gasteiger partial charge is 0.465 e. The van der Waals surface area contributed by atoms with Crippen LogP contribution < -0.4 is 0 Å². The molecule has 2 rings (SSSR count). The number of benzene rings is 1. The fourth-order valence-corrected chi connectivity index (χ4v) is 3.83. The Morgan fingerprint density at radius 3 is 2.37 bits per heavy atom. The number of ether oxygens (including phenoxy) is 2. The van der Waals surface area contributed by atoms with Crippen LogP contribution in [0.1, 0.15) is 19.4 Å². The molecule has 0 fully saturated rings. The van der Waals surface area contributed by atoms with E-state index in [0.717, 1.165) is 3.57 Å². The number of nitro groups is 1. The molecule has 1 aliphatic carbocycles. The molecule has 0 saturated heterocycles. The highest BCUT2D eigenvalue weighted by Gasteiger charge is 2.58. The summed E-state index contributed by atoms with van der Waals surface area (Å²) in [5.41, 5.74) is -1.08. The Morgan fingerprint density at radius 1 is 1.22 bits per heavy atom. The van der Waals surface area contributed by atoms with Gasteiger partial charge in [0, 0.05) is 8.49 Å². The Balaban J connectivity index is 2.77. The SMILES string of the molecule is CCOC(=O)C(C(=O)OCC)C1(c2cccc(I)c2)C=CC=CC1[N+](=O)[O-]. The fourth-order valence-electron chi connectivity index (χ4n) is 3.28. The van der Waals surface area contributed by atoms with E-state index in [1.54, 1.807) is 38.1 Å². The van der Waals surface area contributed by atoms with E-state index < -0.39 is 34.2 Å². The van der Waals surface area contributed by atoms with Crippen LogP contribution in [0.3, 0.4) is 0 Å². The van der Waals surface area contributed by atoms with E-state index in [-0.39, 0.29) is 13.2 Å². The standard InChI is InChI=1S/C19H20INO6/c1-3-26-17(22)16(18(23)27-4-2)19(13-8-7-9-14(20)12-13)11-6-5-10-15(19)21(24)25/h5-12,15-16H,3-4H2,1-2H3. The summed E-state index contributed by atoms with van der Waals surface area (Å²) in [5.74, 6) is -3.20. The zero-order valence-corrected chi connectivity index (χ0v) is 17.1. The summed E-state index contributed by atoms with van der Waals surface area (Å²) >= 11 is 2.08. The van der Waals surface area contributed by atoms with Crippen molar-refractivity contribution >= 4 is 34.5 Å². The van der Waals surface area contributed by atoms with Crippen LogP contribution in [0.5, 0.6) is 0 Å². The monoisotopic (exact) mass is 485 g/mol. The van der Waals surface area contributed by atoms with Crippen molar-refractivity contribution in [2.24, 2.45) is 5.92 Å². The Hall–Kier alpha value is -2.23. The molecule has 2 unspecified atom stereocenters. The van der Waals surface area contributed by atoms with Gasteiger partial charge in [-0.2, -0.15) is 0 Å². The van der Waals surface area contributed by atoms with Gasteiger partial charge >= 0.3 is 11.9 Å². The van der Waals surface area contributed by atoms with Crippen LogP contribution in [0.15, 0.2) is 48.6 Å². The third-order valence-corrected chi connectivity index (χ3v) is 5.01. The van der Waals surface area contributed by atoms with Gasteiger partial charge in [-0.1, -0.05) is 30.4 Å². The van der Waals surface area contributed by atoms with Gasteiger partial charge in [-0.15, -0.1) is 0 Å². The molecule has 0 radical (unpaired) electrons. The Labute approximate surface area is 170 Å². The van der Waals surface area contributed by atoms with Crippen molar-refractivity contribution in [3.8, 4) is 0 Å². The third-order valence-electron chi connectivity index (χ3n) is 4.34. The van der Waals surface area contributed by atoms with Gasteiger partial charge in [0.25, 0.3) is 0 Å². The summed E-state index contributed by atoms with van der Waals surface area (Å²) in [6.45, 7) is 3.30. The number of esters is 2. The third kappa shape index (κ3) is 4.20. The first-order valence-electron chi connectivity index (χ1n) is 8.47. The summed E-state index contributed by atoms with van der Waals surface area (Å²) in [6, 6.07) is 5.62. The second kappa shape index (κ2) is 9.12. The molecule has 27 heavy (non-hydrogen) atoms. The molecule has 0 spiro atoms. The zero-order valence-electron chi connectivity index (χ0n) is 15.0. The smallest absolute Gasteiger partial charge is 0.321 e. The summed E-state index contributed by atoms with van der Waals surface area (Å²) in [6.07, 6.45) is 6.05. The highest BCUT2D eigenvalue weighted by Crippen LogP contribution is 2.43. The Bertz CT molecular complexity index is 772. The summed E-state index contributed by atoms with van der Waals surface area (Å²) in [7, 11) is 0. The van der Waals surface area contributed by atoms with Crippen LogP contribution >= 0.6 is 22.6 Å². The first-order valence-corrected chi connectivity index (χ1v) is 9.55. The van der Waals surface area contributed by atoms with Gasteiger partial charge in [-0.25, -0.2) is 0 Å². The van der Waals surface area contributed by atoms with Crippen molar-refractivity contribution < 1.29 is 24.0 Å². The highest BCUT2D eigenvalue weighted by molar-refractivity contribution is 14.1. The molecule has 8 heteroatoms. The van der Waals surface area contributed by atoms with Crippen molar-refractivity contribution in [3.63, 3.8) is 0 Å². The maximum Gasteiger partial charge on any atom is 0.321 e. The Kier molecular flexibility index (Phi) is 7.11. The van der Waals surface area contributed by atoms with Crippen molar-refractivity contribution in [1.82, 2.24) is 0 Å². The molecular formula is C19H20INO6. The van der Waals surface area contributed by atoms with Gasteiger partial charge in [0.15, 0.2) is 5.92 Å². The maximum atomic E-state index is 12.8. The quantitative estimate of drug-likeness (QED) is 0.194. The van der Waals surface area contributed by atoms with Crippen LogP contribution in [0.2, 0.25) is 0 Å². The summed E-state index contributed by atoms with van der Waals surface area (Å²) in [5, 5.41) is 11.9. The molecule has 0 amide bonds. The van der Waals surface area contributed by atoms with E-state index in [9.17, 15) is 19.7 Å². The molecule has 0 aliphatic heterocycles. The number of carbonyl (C=O) groups excluding carboxylic acids is 2. The Morgan fingerprint density at radius 2 is 1.85 bits per heavy atom. The second-order valence-corrected chi connectivity index (χ2v) is 7.10. The zero-order chi connectivity index (χ0) is 20.0. The first-order chi connectivity index (χ1) is 12.9. The highest BCUT2D eigenvalue weighted by atomic mass is 127. The molecule has 0 heterocycles. The second-order valence-electron chi connectivity index (χ2n) is 5.85. The van der Waals surface area contributed by atoms with Gasteiger partial charge < -0.3 is 9.47 Å². The van der Waals surface area contributed by atoms with Gasteiger partial charge in [0.05, 0.1) is 13.2 Å². The minimum atomic E-state index is -1.56. The van der Waals surface area contributed by atoms with E-state index >= 15 is 0 Å². The van der Waals surface area contributed by atoms with Crippen LogP contribution in [0.4, 0.5) is 0 Å². The number of nitrogens with zero attached hydrogens (tertiary/aromatic N) is 1. The molecule has 1 aromatic rings. The molecule has 1 aliphatic rings. The lowest BCUT2D eigenvalue weighted by Crippen LogP contribution is -2.54. The topological polar surface area (TPSA) is 95.7 Å². The molecule has 2 atom stereocenters. The van der Waals surface area contributed by atoms with E-state index in [1.165, 1.54) is 18.2 Å². The number of halogens is 1. The van der Waals surface area contributed by atoms with Crippen molar-refractivity contribution in [3.05, 3.63) is 67.8 Å². The number of hydrogen-bond acceptors (Lipinski definition) is 6. The molecular weight excluding hydrogens is 465 g/mol. The van der Waals surface area contributed by atoms with Crippen molar-refractivity contribution in [2.45, 2.75) is 25.3 Å². The molecule has 0 N–H and O–H groups in total. The van der Waals surface area contributed by atoms with E-state index in [4.69, 9.17) is 9.47 Å². The van der Waals surface area contributed by atoms with E-state index in [2.05, 4.69) is 22.6 Å². The molecule has 7 nitrogen and oxygen atoms in total. The minimum Gasteiger partial charge on any atom is -0.465 e. The number of rotatable bonds is 7. The van der Waals surface area contributed by atoms with Crippen molar-refractivity contribution in [2.75, 3.05) is 13.2 Å². The van der Waals surface area contributed by atoms with Gasteiger partial charge in [-0.05, 0) is 60.2 Å². The van der Waals surface area contributed by atoms with Gasteiger partial charge in [0.2, 0.25) is 6.04 Å². The minimum absolute atomic E-state index is 0.0415. The number of hydrogen-bond donors (Lipinski definition) is 0. The lowest BCUT2D eigenvalue weighted by molar-refractivity contribution is -0.520. The number of allylic oxidation sites excluding steroid dienone is 2. The molecule has 144 valence electrons. The predicted octanol–water partition coefficient (Wildman–Crippen LogP) is 3.04. The first kappa shape index (κ1) is 21.1. The average Bonchev–Trinajstić information content (AvgIpc) is 2.62. The van der Waals surface area contributed by atoms with E-state index in [0.29, 0.717) is 5.56 Å². The normalized spacial score (nSPS) is 21.1. The molecule has 1 aromatic carbocycles. The molecule has 0 bridgehead atoms. The molecule has 0 saturated carbocycles. The fraction of sp³-hybridized carbons (Fsp3) is 0.368. The van der Waals surface area contributed by atoms with Gasteiger partial charge in [-0.3, -0.25) is 19.7 Å². The van der Waals surface area contributed by atoms with Crippen LogP contribution in [0.25, 0.3) is 0 Å². The predicted molar refractivity (Wildman–Crippen MR) is 107 cm³/mol. The van der Waals surface area contributed by atoms with Crippen LogP contribution in [0, 0.1) is 19.6 Å². The molecule has 0 aromatic heterocycles. The van der Waals surface area contributed by atoms with E-state index in [1.807, 2.05) is 6.07 Å². The summed E-state index contributed by atoms with van der Waals surface area (Å²) in [4.78, 5) is 37.0. The lowest BCUT2D eigenvalue weighted by Gasteiger charge is -2.37. The van der Waals surface area contributed by atoms with Crippen molar-refractivity contribution in [1.29, 1.82) is 0 Å². The summed E-state index contributed by atoms with van der Waals surface area (Å²) < 4.78 is 11.0. The van der Waals surface area contributed by atoms with Crippen LogP contribution in [-0.4, -0.2) is 36.1 Å². The van der Waals surface area contributed by atoms with Gasteiger partial charge in [0.1, 0.15) is 5.41 Å². The number of carbonyl (C=O) groups is 2. The average molecular weight is 485 g/mol. The van der Waals surface area contributed by atoms with Crippen LogP contribution in [-0.2, 0) is 24.5 Å². The maximum absolute atomic E-state index is 12.8. The lowest BCUT2D eigenvalue weighted by atomic mass is 9.63.